The van der Waals surface area contributed by atoms with E-state index in [1.54, 1.807) is 12.0 Å². The fourth-order valence-electron chi connectivity index (χ4n) is 2.76. The summed E-state index contributed by atoms with van der Waals surface area (Å²) in [5.41, 5.74) is 3.49. The van der Waals surface area contributed by atoms with Crippen molar-refractivity contribution in [1.82, 2.24) is 20.6 Å². The summed E-state index contributed by atoms with van der Waals surface area (Å²) < 4.78 is 4.96. The number of nitrogens with one attached hydrogen (secondary N) is 1. The number of rotatable bonds is 6. The van der Waals surface area contributed by atoms with Gasteiger partial charge in [-0.3, -0.25) is 4.79 Å². The van der Waals surface area contributed by atoms with Crippen molar-refractivity contribution in [1.29, 1.82) is 0 Å². The van der Waals surface area contributed by atoms with Crippen LogP contribution in [0.3, 0.4) is 0 Å². The lowest BCUT2D eigenvalue weighted by Gasteiger charge is -2.23. The van der Waals surface area contributed by atoms with Gasteiger partial charge in [-0.2, -0.15) is 0 Å². The summed E-state index contributed by atoms with van der Waals surface area (Å²) in [5.74, 6) is 6.60. The van der Waals surface area contributed by atoms with Crippen molar-refractivity contribution in [2.75, 3.05) is 18.6 Å². The molecule has 3 rings (SSSR count). The quantitative estimate of drug-likeness (QED) is 0.670. The number of nitrogens with zero attached hydrogens (tertiary/aromatic N) is 4. The molecule has 1 amide bonds. The number of benzene rings is 2. The third-order valence-corrected chi connectivity index (χ3v) is 4.10. The number of ether oxygens (including phenoxy) is 1. The number of aromatic nitrogens is 4. The van der Waals surface area contributed by atoms with Crippen molar-refractivity contribution in [2.45, 2.75) is 19.9 Å². The minimum atomic E-state index is 0.0312. The first-order valence-electron chi connectivity index (χ1n) is 8.92. The van der Waals surface area contributed by atoms with Gasteiger partial charge in [-0.25, -0.2) is 5.10 Å². The summed E-state index contributed by atoms with van der Waals surface area (Å²) in [6.07, 6.45) is 0.404. The number of amides is 1. The SMILES string of the molecule is CCC(=O)N(Cc1cccc(C#CCOC)c1)c1cccc(-c2nnn[nH]2)c1. The molecule has 3 aromatic rings. The van der Waals surface area contributed by atoms with E-state index in [1.165, 1.54) is 0 Å². The topological polar surface area (TPSA) is 84.0 Å². The number of hydrogen-bond acceptors (Lipinski definition) is 5. The van der Waals surface area contributed by atoms with E-state index >= 15 is 0 Å². The van der Waals surface area contributed by atoms with Crippen LogP contribution < -0.4 is 4.90 Å². The van der Waals surface area contributed by atoms with Gasteiger partial charge in [-0.05, 0) is 40.3 Å². The Labute approximate surface area is 163 Å². The Morgan fingerprint density at radius 2 is 2.07 bits per heavy atom. The highest BCUT2D eigenvalue weighted by atomic mass is 16.5. The number of methoxy groups -OCH3 is 1. The molecule has 142 valence electrons. The second-order valence-corrected chi connectivity index (χ2v) is 6.07. The van der Waals surface area contributed by atoms with Gasteiger partial charge in [-0.1, -0.05) is 43.0 Å². The van der Waals surface area contributed by atoms with Crippen LogP contribution in [0.5, 0.6) is 0 Å². The summed E-state index contributed by atoms with van der Waals surface area (Å²) in [5, 5.41) is 13.9. The van der Waals surface area contributed by atoms with Crippen molar-refractivity contribution >= 4 is 11.6 Å². The molecule has 7 heteroatoms. The van der Waals surface area contributed by atoms with E-state index in [9.17, 15) is 4.79 Å². The van der Waals surface area contributed by atoms with E-state index in [0.717, 1.165) is 22.4 Å². The Bertz CT molecular complexity index is 989. The number of hydrogen-bond donors (Lipinski definition) is 1. The second kappa shape index (κ2) is 9.44. The van der Waals surface area contributed by atoms with Crippen molar-refractivity contribution in [3.63, 3.8) is 0 Å². The maximum absolute atomic E-state index is 12.6. The number of carbonyl (C=O) groups is 1. The number of anilines is 1. The highest BCUT2D eigenvalue weighted by Crippen LogP contribution is 2.24. The van der Waals surface area contributed by atoms with Gasteiger partial charge < -0.3 is 9.64 Å². The monoisotopic (exact) mass is 375 g/mol. The smallest absolute Gasteiger partial charge is 0.227 e. The first-order chi connectivity index (χ1) is 13.7. The third-order valence-electron chi connectivity index (χ3n) is 4.10. The van der Waals surface area contributed by atoms with Crippen LogP contribution >= 0.6 is 0 Å². The maximum atomic E-state index is 12.6. The minimum absolute atomic E-state index is 0.0312. The Morgan fingerprint density at radius 3 is 2.82 bits per heavy atom. The van der Waals surface area contributed by atoms with Gasteiger partial charge in [0.05, 0.1) is 6.54 Å². The lowest BCUT2D eigenvalue weighted by Crippen LogP contribution is -2.29. The van der Waals surface area contributed by atoms with Crippen molar-refractivity contribution in [2.24, 2.45) is 0 Å². The molecule has 0 saturated heterocycles. The zero-order valence-electron chi connectivity index (χ0n) is 15.8. The lowest BCUT2D eigenvalue weighted by atomic mass is 10.1. The third kappa shape index (κ3) is 4.81. The normalized spacial score (nSPS) is 10.2. The summed E-state index contributed by atoms with van der Waals surface area (Å²) in [6, 6.07) is 15.4. The molecule has 28 heavy (non-hydrogen) atoms. The molecule has 1 heterocycles. The van der Waals surface area contributed by atoms with Crippen LogP contribution in [0.15, 0.2) is 48.5 Å². The van der Waals surface area contributed by atoms with Crippen LogP contribution in [-0.4, -0.2) is 40.2 Å². The van der Waals surface area contributed by atoms with Gasteiger partial charge >= 0.3 is 0 Å². The molecule has 0 aliphatic carbocycles. The van der Waals surface area contributed by atoms with Crippen LogP contribution in [0.2, 0.25) is 0 Å². The highest BCUT2D eigenvalue weighted by molar-refractivity contribution is 5.93. The van der Waals surface area contributed by atoms with Crippen LogP contribution in [-0.2, 0) is 16.1 Å². The molecule has 0 atom stereocenters. The van der Waals surface area contributed by atoms with Gasteiger partial charge in [0.1, 0.15) is 6.61 Å². The van der Waals surface area contributed by atoms with Gasteiger partial charge in [0.2, 0.25) is 5.91 Å². The first kappa shape index (κ1) is 19.3. The zero-order chi connectivity index (χ0) is 19.8. The molecule has 1 N–H and O–H groups in total. The molecule has 0 bridgehead atoms. The van der Waals surface area contributed by atoms with E-state index in [-0.39, 0.29) is 5.91 Å². The molecule has 0 unspecified atom stereocenters. The van der Waals surface area contributed by atoms with E-state index in [1.807, 2.05) is 55.5 Å². The van der Waals surface area contributed by atoms with Crippen LogP contribution in [0.25, 0.3) is 11.4 Å². The fourth-order valence-corrected chi connectivity index (χ4v) is 2.76. The largest absolute Gasteiger partial charge is 0.372 e. The van der Waals surface area contributed by atoms with Crippen LogP contribution in [0, 0.1) is 11.8 Å². The van der Waals surface area contributed by atoms with Crippen LogP contribution in [0.1, 0.15) is 24.5 Å². The molecule has 0 radical (unpaired) electrons. The lowest BCUT2D eigenvalue weighted by molar-refractivity contribution is -0.118. The summed E-state index contributed by atoms with van der Waals surface area (Å²) in [7, 11) is 1.61. The molecule has 0 saturated carbocycles. The van der Waals surface area contributed by atoms with Gasteiger partial charge in [0.15, 0.2) is 5.82 Å². The molecule has 0 fully saturated rings. The number of aromatic amines is 1. The predicted molar refractivity (Wildman–Crippen MR) is 106 cm³/mol. The molecular weight excluding hydrogens is 354 g/mol. The first-order valence-corrected chi connectivity index (χ1v) is 8.92. The summed E-state index contributed by atoms with van der Waals surface area (Å²) in [4.78, 5) is 14.4. The van der Waals surface area contributed by atoms with E-state index < -0.39 is 0 Å². The fraction of sp³-hybridized carbons (Fsp3) is 0.238. The Hall–Kier alpha value is -3.50. The average molecular weight is 375 g/mol. The Kier molecular flexibility index (Phi) is 6.50. The molecular formula is C21H21N5O2. The van der Waals surface area contributed by atoms with Crippen molar-refractivity contribution in [3.8, 4) is 23.2 Å². The highest BCUT2D eigenvalue weighted by Gasteiger charge is 2.16. The molecule has 0 spiro atoms. The Morgan fingerprint density at radius 1 is 1.21 bits per heavy atom. The van der Waals surface area contributed by atoms with Crippen LogP contribution in [0.4, 0.5) is 5.69 Å². The number of H-pyrrole nitrogens is 1. The molecule has 0 aliphatic rings. The predicted octanol–water partition coefficient (Wildman–Crippen LogP) is 2.81. The molecule has 7 nitrogen and oxygen atoms in total. The number of tetrazole rings is 1. The number of carbonyl (C=O) groups excluding carboxylic acids is 1. The van der Waals surface area contributed by atoms with E-state index in [2.05, 4.69) is 32.5 Å². The minimum Gasteiger partial charge on any atom is -0.372 e. The van der Waals surface area contributed by atoms with Gasteiger partial charge in [0.25, 0.3) is 0 Å². The molecule has 0 aliphatic heterocycles. The molecule has 1 aromatic heterocycles. The van der Waals surface area contributed by atoms with E-state index in [4.69, 9.17) is 4.74 Å². The van der Waals surface area contributed by atoms with Gasteiger partial charge in [-0.15, -0.1) is 5.10 Å². The van der Waals surface area contributed by atoms with E-state index in [0.29, 0.717) is 25.4 Å². The zero-order valence-corrected chi connectivity index (χ0v) is 15.8. The Balaban J connectivity index is 1.88. The van der Waals surface area contributed by atoms with Gasteiger partial charge in [0, 0.05) is 30.3 Å². The van der Waals surface area contributed by atoms with Crippen molar-refractivity contribution < 1.29 is 9.53 Å². The second-order valence-electron chi connectivity index (χ2n) is 6.07. The summed E-state index contributed by atoms with van der Waals surface area (Å²) in [6.45, 7) is 2.69. The average Bonchev–Trinajstić information content (AvgIpc) is 3.27. The molecule has 2 aromatic carbocycles. The van der Waals surface area contributed by atoms with Crippen molar-refractivity contribution in [3.05, 3.63) is 59.7 Å². The maximum Gasteiger partial charge on any atom is 0.227 e. The summed E-state index contributed by atoms with van der Waals surface area (Å²) >= 11 is 0. The standard InChI is InChI=1S/C21H21N5O2/c1-3-20(27)26(15-17-8-4-7-16(13-17)9-6-12-28-2)19-11-5-10-18(14-19)21-22-24-25-23-21/h4-5,7-8,10-11,13-14H,3,12,15H2,1-2H3,(H,22,23,24,25).